The Morgan fingerprint density at radius 2 is 1.96 bits per heavy atom. The van der Waals surface area contributed by atoms with Crippen molar-refractivity contribution in [2.45, 2.75) is 43.8 Å². The van der Waals surface area contributed by atoms with Crippen LogP contribution in [0.2, 0.25) is 0 Å². The topological polar surface area (TPSA) is 45.5 Å². The summed E-state index contributed by atoms with van der Waals surface area (Å²) in [5, 5.41) is 8.89. The molecule has 1 atom stereocenters. The fraction of sp³-hybridized carbons (Fsp3) is 0.632. The molecule has 23 heavy (non-hydrogen) atoms. The van der Waals surface area contributed by atoms with Gasteiger partial charge in [-0.15, -0.1) is 0 Å². The van der Waals surface area contributed by atoms with Crippen molar-refractivity contribution in [3.8, 4) is 6.07 Å². The van der Waals surface area contributed by atoms with Gasteiger partial charge in [-0.3, -0.25) is 0 Å². The number of anilines is 1. The maximum Gasteiger partial charge on any atom is 0.0991 e. The average molecular weight is 312 g/mol. The predicted octanol–water partition coefficient (Wildman–Crippen LogP) is 3.11. The van der Waals surface area contributed by atoms with Crippen molar-refractivity contribution in [1.82, 2.24) is 0 Å². The van der Waals surface area contributed by atoms with Gasteiger partial charge >= 0.3 is 0 Å². The molecule has 0 aromatic heterocycles. The highest BCUT2D eigenvalue weighted by Crippen LogP contribution is 2.39. The molecule has 1 spiro atoms. The smallest absolute Gasteiger partial charge is 0.0991 e. The summed E-state index contributed by atoms with van der Waals surface area (Å²) >= 11 is 0. The number of piperidine rings is 1. The zero-order valence-corrected chi connectivity index (χ0v) is 13.5. The van der Waals surface area contributed by atoms with Gasteiger partial charge in [0.1, 0.15) is 0 Å². The number of ether oxygens (including phenoxy) is 2. The normalized spacial score (nSPS) is 26.4. The first-order valence-corrected chi connectivity index (χ1v) is 8.77. The molecule has 2 heterocycles. The van der Waals surface area contributed by atoms with E-state index in [1.165, 1.54) is 18.5 Å². The van der Waals surface area contributed by atoms with E-state index < -0.39 is 0 Å². The SMILES string of the molecule is N#Cc1ccc(N2CCC3(CC2)CC(OCC2CC2)CO3)cc1. The van der Waals surface area contributed by atoms with Gasteiger partial charge in [-0.1, -0.05) is 0 Å². The standard InChI is InChI=1S/C19H24N2O2/c20-12-15-3-5-17(6-4-15)21-9-7-19(8-10-21)11-18(14-23-19)22-13-16-1-2-16/h3-6,16,18H,1-2,7-11,13-14H2. The lowest BCUT2D eigenvalue weighted by Crippen LogP contribution is -2.44. The molecule has 1 saturated carbocycles. The van der Waals surface area contributed by atoms with Crippen LogP contribution in [-0.4, -0.2) is 38.0 Å². The summed E-state index contributed by atoms with van der Waals surface area (Å²) in [4.78, 5) is 2.40. The van der Waals surface area contributed by atoms with Crippen LogP contribution < -0.4 is 4.90 Å². The molecule has 1 aromatic rings. The Balaban J connectivity index is 1.30. The second-order valence-electron chi connectivity index (χ2n) is 7.24. The van der Waals surface area contributed by atoms with Crippen molar-refractivity contribution in [3.05, 3.63) is 29.8 Å². The molecule has 122 valence electrons. The first kappa shape index (κ1) is 15.0. The molecule has 3 aliphatic rings. The van der Waals surface area contributed by atoms with Crippen LogP contribution in [0.25, 0.3) is 0 Å². The first-order valence-electron chi connectivity index (χ1n) is 8.77. The fourth-order valence-electron chi connectivity index (χ4n) is 3.73. The Labute approximate surface area is 138 Å². The van der Waals surface area contributed by atoms with Gasteiger partial charge in [-0.2, -0.15) is 5.26 Å². The lowest BCUT2D eigenvalue weighted by Gasteiger charge is -2.39. The Morgan fingerprint density at radius 1 is 1.22 bits per heavy atom. The summed E-state index contributed by atoms with van der Waals surface area (Å²) < 4.78 is 12.2. The van der Waals surface area contributed by atoms with E-state index in [-0.39, 0.29) is 5.60 Å². The first-order chi connectivity index (χ1) is 11.3. The minimum atomic E-state index is 0.0390. The maximum atomic E-state index is 8.89. The number of nitriles is 1. The molecule has 3 fully saturated rings. The lowest BCUT2D eigenvalue weighted by molar-refractivity contribution is -0.0198. The minimum Gasteiger partial charge on any atom is -0.375 e. The third-order valence-corrected chi connectivity index (χ3v) is 5.48. The van der Waals surface area contributed by atoms with Crippen LogP contribution in [0.3, 0.4) is 0 Å². The molecule has 0 radical (unpaired) electrons. The quantitative estimate of drug-likeness (QED) is 0.857. The minimum absolute atomic E-state index is 0.0390. The zero-order valence-electron chi connectivity index (χ0n) is 13.5. The van der Waals surface area contributed by atoms with Crippen LogP contribution >= 0.6 is 0 Å². The fourth-order valence-corrected chi connectivity index (χ4v) is 3.73. The summed E-state index contributed by atoms with van der Waals surface area (Å²) in [6, 6.07) is 10.1. The summed E-state index contributed by atoms with van der Waals surface area (Å²) in [5.41, 5.74) is 1.97. The van der Waals surface area contributed by atoms with Gasteiger partial charge in [-0.25, -0.2) is 0 Å². The highest BCUT2D eigenvalue weighted by atomic mass is 16.6. The number of hydrogen-bond acceptors (Lipinski definition) is 4. The molecular formula is C19H24N2O2. The van der Waals surface area contributed by atoms with Crippen molar-refractivity contribution in [2.75, 3.05) is 31.2 Å². The number of nitrogens with zero attached hydrogens (tertiary/aromatic N) is 2. The van der Waals surface area contributed by atoms with Gasteiger partial charge in [0.05, 0.1) is 29.9 Å². The summed E-state index contributed by atoms with van der Waals surface area (Å²) in [5.74, 6) is 0.824. The lowest BCUT2D eigenvalue weighted by atomic mass is 9.87. The molecule has 1 aliphatic carbocycles. The van der Waals surface area contributed by atoms with Crippen molar-refractivity contribution >= 4 is 5.69 Å². The van der Waals surface area contributed by atoms with E-state index in [2.05, 4.69) is 11.0 Å². The molecule has 1 unspecified atom stereocenters. The monoisotopic (exact) mass is 312 g/mol. The van der Waals surface area contributed by atoms with E-state index in [1.807, 2.05) is 24.3 Å². The van der Waals surface area contributed by atoms with Crippen molar-refractivity contribution < 1.29 is 9.47 Å². The van der Waals surface area contributed by atoms with Gasteiger partial charge < -0.3 is 14.4 Å². The molecule has 4 rings (SSSR count). The third-order valence-electron chi connectivity index (χ3n) is 5.48. The van der Waals surface area contributed by atoms with Crippen LogP contribution in [0.1, 0.15) is 37.7 Å². The average Bonchev–Trinajstić information content (AvgIpc) is 3.36. The second-order valence-corrected chi connectivity index (χ2v) is 7.24. The van der Waals surface area contributed by atoms with E-state index in [4.69, 9.17) is 14.7 Å². The van der Waals surface area contributed by atoms with Gasteiger partial charge in [0.25, 0.3) is 0 Å². The van der Waals surface area contributed by atoms with E-state index >= 15 is 0 Å². The molecule has 2 aliphatic heterocycles. The van der Waals surface area contributed by atoms with E-state index in [9.17, 15) is 0 Å². The Kier molecular flexibility index (Phi) is 4.00. The van der Waals surface area contributed by atoms with Gasteiger partial charge in [0.2, 0.25) is 0 Å². The Morgan fingerprint density at radius 3 is 2.61 bits per heavy atom. The summed E-state index contributed by atoms with van der Waals surface area (Å²) in [6.45, 7) is 3.73. The highest BCUT2D eigenvalue weighted by Gasteiger charge is 2.43. The maximum absolute atomic E-state index is 8.89. The molecule has 0 amide bonds. The van der Waals surface area contributed by atoms with Gasteiger partial charge in [-0.05, 0) is 55.9 Å². The van der Waals surface area contributed by atoms with E-state index in [0.717, 1.165) is 57.0 Å². The number of hydrogen-bond donors (Lipinski definition) is 0. The summed E-state index contributed by atoms with van der Waals surface area (Å²) in [6.07, 6.45) is 6.18. The Hall–Kier alpha value is -1.57. The number of rotatable bonds is 4. The van der Waals surface area contributed by atoms with Gasteiger partial charge in [0.15, 0.2) is 0 Å². The van der Waals surface area contributed by atoms with Crippen molar-refractivity contribution in [1.29, 1.82) is 5.26 Å². The van der Waals surface area contributed by atoms with Crippen LogP contribution in [0, 0.1) is 17.2 Å². The molecule has 2 saturated heterocycles. The summed E-state index contributed by atoms with van der Waals surface area (Å²) in [7, 11) is 0. The van der Waals surface area contributed by atoms with Gasteiger partial charge in [0, 0.05) is 31.8 Å². The predicted molar refractivity (Wildman–Crippen MR) is 88.4 cm³/mol. The molecule has 4 nitrogen and oxygen atoms in total. The van der Waals surface area contributed by atoms with Crippen molar-refractivity contribution in [2.24, 2.45) is 5.92 Å². The molecule has 0 bridgehead atoms. The van der Waals surface area contributed by atoms with E-state index in [1.54, 1.807) is 0 Å². The largest absolute Gasteiger partial charge is 0.375 e. The molecule has 4 heteroatoms. The second kappa shape index (κ2) is 6.14. The highest BCUT2D eigenvalue weighted by molar-refractivity contribution is 5.50. The van der Waals surface area contributed by atoms with Crippen molar-refractivity contribution in [3.63, 3.8) is 0 Å². The Bertz CT molecular complexity index is 580. The molecule has 1 aromatic carbocycles. The number of benzene rings is 1. The van der Waals surface area contributed by atoms with Crippen LogP contribution in [0.15, 0.2) is 24.3 Å². The molecule has 0 N–H and O–H groups in total. The van der Waals surface area contributed by atoms with Crippen LogP contribution in [0.4, 0.5) is 5.69 Å². The van der Waals surface area contributed by atoms with Crippen LogP contribution in [-0.2, 0) is 9.47 Å². The van der Waals surface area contributed by atoms with Crippen LogP contribution in [0.5, 0.6) is 0 Å². The third kappa shape index (κ3) is 3.36. The zero-order chi connectivity index (χ0) is 15.7. The van der Waals surface area contributed by atoms with E-state index in [0.29, 0.717) is 6.10 Å². The molecular weight excluding hydrogens is 288 g/mol.